The van der Waals surface area contributed by atoms with Crippen LogP contribution in [0.2, 0.25) is 0 Å². The summed E-state index contributed by atoms with van der Waals surface area (Å²) in [7, 11) is 0. The molecule has 1 aromatic heterocycles. The highest BCUT2D eigenvalue weighted by Gasteiger charge is 2.31. The van der Waals surface area contributed by atoms with Crippen molar-refractivity contribution in [2.75, 3.05) is 17.2 Å². The Bertz CT molecular complexity index is 1120. The van der Waals surface area contributed by atoms with Crippen molar-refractivity contribution in [2.24, 2.45) is 5.92 Å². The van der Waals surface area contributed by atoms with E-state index in [1.54, 1.807) is 6.07 Å². The van der Waals surface area contributed by atoms with E-state index in [4.69, 9.17) is 0 Å². The van der Waals surface area contributed by atoms with Crippen LogP contribution in [0, 0.1) is 17.6 Å². The van der Waals surface area contributed by atoms with Gasteiger partial charge in [-0.15, -0.1) is 13.2 Å². The summed E-state index contributed by atoms with van der Waals surface area (Å²) >= 11 is 0. The minimum atomic E-state index is -4.85. The Morgan fingerprint density at radius 1 is 1.00 bits per heavy atom. The van der Waals surface area contributed by atoms with Gasteiger partial charge in [0.15, 0.2) is 11.6 Å². The molecule has 3 N–H and O–H groups in total. The number of rotatable bonds is 9. The molecule has 182 valence electrons. The fourth-order valence-corrected chi connectivity index (χ4v) is 3.03. The zero-order valence-electron chi connectivity index (χ0n) is 18.3. The predicted octanol–water partition coefficient (Wildman–Crippen LogP) is 5.36. The van der Waals surface area contributed by atoms with Gasteiger partial charge in [-0.3, -0.25) is 0 Å². The Morgan fingerprint density at radius 2 is 1.76 bits per heavy atom. The number of halogens is 5. The maximum Gasteiger partial charge on any atom is 0.573 e. The Balaban J connectivity index is 1.93. The van der Waals surface area contributed by atoms with Crippen molar-refractivity contribution in [3.8, 4) is 17.0 Å². The Labute approximate surface area is 192 Å². The van der Waals surface area contributed by atoms with Crippen LogP contribution in [-0.4, -0.2) is 34.1 Å². The zero-order chi connectivity index (χ0) is 24.9. The standard InChI is InChI=1S/C23H23F5N4O2/c1-13(2)20(12-33)31-22-30-19(15-4-3-5-16(9-15)34-23(26,27)28)10-21(32-22)29-11-14-6-7-17(24)18(25)8-14/h3-10,13,20,33H,11-12H2,1-2H3,(H2,29,30,31,32)/t20-/m1/s1. The molecule has 1 heterocycles. The minimum absolute atomic E-state index is 0.0272. The number of hydrogen-bond acceptors (Lipinski definition) is 6. The normalized spacial score (nSPS) is 12.5. The van der Waals surface area contributed by atoms with E-state index in [1.165, 1.54) is 30.3 Å². The van der Waals surface area contributed by atoms with Gasteiger partial charge in [-0.25, -0.2) is 13.8 Å². The van der Waals surface area contributed by atoms with Crippen molar-refractivity contribution in [1.82, 2.24) is 9.97 Å². The van der Waals surface area contributed by atoms with Crippen LogP contribution in [0.4, 0.5) is 33.7 Å². The number of aromatic nitrogens is 2. The lowest BCUT2D eigenvalue weighted by molar-refractivity contribution is -0.274. The summed E-state index contributed by atoms with van der Waals surface area (Å²) in [6, 6.07) is 9.88. The molecule has 6 nitrogen and oxygen atoms in total. The summed E-state index contributed by atoms with van der Waals surface area (Å²) in [6.45, 7) is 3.67. The third-order valence-corrected chi connectivity index (χ3v) is 4.86. The summed E-state index contributed by atoms with van der Waals surface area (Å²) in [6.07, 6.45) is -4.85. The predicted molar refractivity (Wildman–Crippen MR) is 117 cm³/mol. The Kier molecular flexibility index (Phi) is 7.87. The summed E-state index contributed by atoms with van der Waals surface area (Å²) in [5.74, 6) is -1.94. The van der Waals surface area contributed by atoms with Crippen LogP contribution in [0.15, 0.2) is 48.5 Å². The highest BCUT2D eigenvalue weighted by Crippen LogP contribution is 2.29. The van der Waals surface area contributed by atoms with Gasteiger partial charge in [-0.1, -0.05) is 32.0 Å². The van der Waals surface area contributed by atoms with Gasteiger partial charge in [0.2, 0.25) is 5.95 Å². The first-order valence-electron chi connectivity index (χ1n) is 10.3. The largest absolute Gasteiger partial charge is 0.573 e. The van der Waals surface area contributed by atoms with Gasteiger partial charge in [-0.2, -0.15) is 4.98 Å². The van der Waals surface area contributed by atoms with Crippen molar-refractivity contribution in [2.45, 2.75) is 32.8 Å². The molecule has 34 heavy (non-hydrogen) atoms. The van der Waals surface area contributed by atoms with Gasteiger partial charge in [0.1, 0.15) is 11.6 Å². The molecule has 0 aliphatic heterocycles. The maximum atomic E-state index is 13.5. The van der Waals surface area contributed by atoms with Gasteiger partial charge >= 0.3 is 6.36 Å². The number of aliphatic hydroxyl groups excluding tert-OH is 1. The smallest absolute Gasteiger partial charge is 0.406 e. The van der Waals surface area contributed by atoms with E-state index in [0.29, 0.717) is 11.1 Å². The molecule has 0 saturated heterocycles. The molecule has 0 spiro atoms. The number of aliphatic hydroxyl groups is 1. The number of alkyl halides is 3. The summed E-state index contributed by atoms with van der Waals surface area (Å²) in [5, 5.41) is 15.6. The molecule has 11 heteroatoms. The average Bonchev–Trinajstić information content (AvgIpc) is 2.77. The highest BCUT2D eigenvalue weighted by atomic mass is 19.4. The summed E-state index contributed by atoms with van der Waals surface area (Å²) in [5.41, 5.74) is 1.05. The second kappa shape index (κ2) is 10.6. The van der Waals surface area contributed by atoms with E-state index < -0.39 is 23.7 Å². The second-order valence-corrected chi connectivity index (χ2v) is 7.82. The number of nitrogens with zero attached hydrogens (tertiary/aromatic N) is 2. The van der Waals surface area contributed by atoms with Crippen LogP contribution in [0.25, 0.3) is 11.3 Å². The van der Waals surface area contributed by atoms with E-state index in [2.05, 4.69) is 25.3 Å². The second-order valence-electron chi connectivity index (χ2n) is 7.82. The van der Waals surface area contributed by atoms with Crippen LogP contribution in [0.5, 0.6) is 5.75 Å². The van der Waals surface area contributed by atoms with Gasteiger partial charge < -0.3 is 20.5 Å². The van der Waals surface area contributed by atoms with Crippen LogP contribution in [0.1, 0.15) is 19.4 Å². The number of hydrogen-bond donors (Lipinski definition) is 3. The third-order valence-electron chi connectivity index (χ3n) is 4.86. The topological polar surface area (TPSA) is 79.3 Å². The average molecular weight is 482 g/mol. The van der Waals surface area contributed by atoms with E-state index >= 15 is 0 Å². The fraction of sp³-hybridized carbons (Fsp3) is 0.304. The highest BCUT2D eigenvalue weighted by molar-refractivity contribution is 5.66. The van der Waals surface area contributed by atoms with E-state index in [0.717, 1.165) is 12.1 Å². The first-order chi connectivity index (χ1) is 16.0. The fourth-order valence-electron chi connectivity index (χ4n) is 3.03. The molecule has 0 saturated carbocycles. The molecule has 0 aliphatic carbocycles. The molecular weight excluding hydrogens is 459 g/mol. The number of ether oxygens (including phenoxy) is 1. The van der Waals surface area contributed by atoms with Crippen LogP contribution < -0.4 is 15.4 Å². The van der Waals surface area contributed by atoms with E-state index in [1.807, 2.05) is 13.8 Å². The van der Waals surface area contributed by atoms with Gasteiger partial charge in [-0.05, 0) is 35.7 Å². The summed E-state index contributed by atoms with van der Waals surface area (Å²) in [4.78, 5) is 8.71. The molecule has 0 radical (unpaired) electrons. The van der Waals surface area contributed by atoms with Gasteiger partial charge in [0.05, 0.1) is 18.3 Å². The Hall–Kier alpha value is -3.47. The quantitative estimate of drug-likeness (QED) is 0.357. The minimum Gasteiger partial charge on any atom is -0.406 e. The van der Waals surface area contributed by atoms with Gasteiger partial charge in [0.25, 0.3) is 0 Å². The molecule has 2 aromatic carbocycles. The lowest BCUT2D eigenvalue weighted by atomic mass is 10.1. The molecule has 1 atom stereocenters. The zero-order valence-corrected chi connectivity index (χ0v) is 18.3. The molecule has 3 rings (SSSR count). The number of nitrogens with one attached hydrogen (secondary N) is 2. The van der Waals surface area contributed by atoms with E-state index in [9.17, 15) is 27.1 Å². The number of benzene rings is 2. The first-order valence-corrected chi connectivity index (χ1v) is 10.3. The van der Waals surface area contributed by atoms with Crippen molar-refractivity contribution in [3.05, 3.63) is 65.7 Å². The SMILES string of the molecule is CC(C)[C@@H](CO)Nc1nc(NCc2ccc(F)c(F)c2)cc(-c2cccc(OC(F)(F)F)c2)n1. The van der Waals surface area contributed by atoms with Crippen molar-refractivity contribution >= 4 is 11.8 Å². The molecule has 0 bridgehead atoms. The first kappa shape index (κ1) is 25.2. The van der Waals surface area contributed by atoms with Crippen LogP contribution in [0.3, 0.4) is 0 Å². The molecule has 0 unspecified atom stereocenters. The third kappa shape index (κ3) is 7.01. The monoisotopic (exact) mass is 482 g/mol. The Morgan fingerprint density at radius 3 is 2.41 bits per heavy atom. The van der Waals surface area contributed by atoms with Crippen molar-refractivity contribution in [1.29, 1.82) is 0 Å². The van der Waals surface area contributed by atoms with Gasteiger partial charge in [0, 0.05) is 18.2 Å². The molecule has 0 aliphatic rings. The van der Waals surface area contributed by atoms with Crippen LogP contribution >= 0.6 is 0 Å². The lowest BCUT2D eigenvalue weighted by Gasteiger charge is -2.21. The van der Waals surface area contributed by atoms with E-state index in [-0.39, 0.29) is 42.6 Å². The molecule has 0 amide bonds. The van der Waals surface area contributed by atoms with Crippen molar-refractivity contribution < 1.29 is 31.8 Å². The van der Waals surface area contributed by atoms with Crippen LogP contribution in [-0.2, 0) is 6.54 Å². The molecular formula is C23H23F5N4O2. The molecule has 0 fully saturated rings. The molecule has 3 aromatic rings. The van der Waals surface area contributed by atoms with Crippen molar-refractivity contribution in [3.63, 3.8) is 0 Å². The summed E-state index contributed by atoms with van der Waals surface area (Å²) < 4.78 is 68.6. The number of anilines is 2. The lowest BCUT2D eigenvalue weighted by Crippen LogP contribution is -2.30. The maximum absolute atomic E-state index is 13.5.